The number of carbonyl (C=O) groups is 1. The van der Waals surface area contributed by atoms with E-state index in [1.165, 1.54) is 0 Å². The number of hydrogen-bond acceptors (Lipinski definition) is 1. The Kier molecular flexibility index (Phi) is 2.72. The van der Waals surface area contributed by atoms with Crippen LogP contribution in [-0.4, -0.2) is 5.91 Å². The molecule has 0 aromatic heterocycles. The van der Waals surface area contributed by atoms with Crippen molar-refractivity contribution in [2.75, 3.05) is 0 Å². The van der Waals surface area contributed by atoms with Crippen LogP contribution in [0, 0.1) is 3.57 Å². The molecule has 4 heteroatoms. The Morgan fingerprint density at radius 3 is 2.64 bits per heavy atom. The molecule has 0 saturated carbocycles. The van der Waals surface area contributed by atoms with E-state index in [1.807, 2.05) is 22.6 Å². The van der Waals surface area contributed by atoms with Gasteiger partial charge in [-0.25, -0.2) is 0 Å². The molecular weight excluding hydrogens is 276 g/mol. The van der Waals surface area contributed by atoms with Gasteiger partial charge in [-0.1, -0.05) is 17.7 Å². The van der Waals surface area contributed by atoms with Crippen LogP contribution in [-0.2, 0) is 0 Å². The molecule has 1 rings (SSSR count). The van der Waals surface area contributed by atoms with Crippen molar-refractivity contribution in [1.29, 1.82) is 0 Å². The van der Waals surface area contributed by atoms with Crippen molar-refractivity contribution in [3.05, 3.63) is 32.4 Å². The van der Waals surface area contributed by atoms with Crippen LogP contribution < -0.4 is 5.73 Å². The fraction of sp³-hybridized carbons (Fsp3) is 0. The van der Waals surface area contributed by atoms with Crippen molar-refractivity contribution >= 4 is 40.1 Å². The van der Waals surface area contributed by atoms with Crippen molar-refractivity contribution in [3.63, 3.8) is 0 Å². The molecule has 0 aliphatic heterocycles. The average Bonchev–Trinajstić information content (AvgIpc) is 1.94. The number of halogens is 2. The van der Waals surface area contributed by atoms with Crippen molar-refractivity contribution < 1.29 is 4.79 Å². The molecule has 58 valence electrons. The number of benzene rings is 1. The molecule has 2 nitrogen and oxygen atoms in total. The van der Waals surface area contributed by atoms with Gasteiger partial charge in [0.2, 0.25) is 5.91 Å². The smallest absolute Gasteiger partial charge is 0.249 e. The van der Waals surface area contributed by atoms with E-state index in [2.05, 4.69) is 0 Å². The van der Waals surface area contributed by atoms with E-state index in [1.54, 1.807) is 18.2 Å². The average molecular weight is 281 g/mol. The highest BCUT2D eigenvalue weighted by molar-refractivity contribution is 14.1. The molecule has 11 heavy (non-hydrogen) atoms. The quantitative estimate of drug-likeness (QED) is 0.787. The zero-order valence-electron chi connectivity index (χ0n) is 5.47. The van der Waals surface area contributed by atoms with Crippen LogP contribution in [0.1, 0.15) is 10.4 Å². The molecule has 1 aromatic carbocycles. The first kappa shape index (κ1) is 8.80. The third-order valence-electron chi connectivity index (χ3n) is 1.22. The first-order valence-corrected chi connectivity index (χ1v) is 4.32. The second-order valence-electron chi connectivity index (χ2n) is 1.97. The van der Waals surface area contributed by atoms with Crippen molar-refractivity contribution in [1.82, 2.24) is 0 Å². The van der Waals surface area contributed by atoms with Gasteiger partial charge in [0.05, 0.1) is 10.6 Å². The minimum atomic E-state index is -0.447. The molecule has 0 atom stereocenters. The van der Waals surface area contributed by atoms with Gasteiger partial charge in [0, 0.05) is 3.57 Å². The molecule has 0 spiro atoms. The first-order chi connectivity index (χ1) is 5.13. The Bertz CT molecular complexity index is 300. The SMILES string of the molecule is NC(=O)c1cccc(Cl)c1I. The second kappa shape index (κ2) is 3.40. The van der Waals surface area contributed by atoms with Crippen LogP contribution in [0.4, 0.5) is 0 Å². The third-order valence-corrected chi connectivity index (χ3v) is 3.01. The predicted molar refractivity (Wildman–Crippen MR) is 52.7 cm³/mol. The lowest BCUT2D eigenvalue weighted by Gasteiger charge is -1.99. The number of nitrogens with two attached hydrogens (primary N) is 1. The summed E-state index contributed by atoms with van der Waals surface area (Å²) in [7, 11) is 0. The largest absolute Gasteiger partial charge is 0.366 e. The van der Waals surface area contributed by atoms with Crippen LogP contribution in [0.15, 0.2) is 18.2 Å². The van der Waals surface area contributed by atoms with Crippen molar-refractivity contribution in [3.8, 4) is 0 Å². The van der Waals surface area contributed by atoms with Gasteiger partial charge < -0.3 is 5.73 Å². The second-order valence-corrected chi connectivity index (χ2v) is 3.45. The van der Waals surface area contributed by atoms with Crippen molar-refractivity contribution in [2.45, 2.75) is 0 Å². The van der Waals surface area contributed by atoms with Gasteiger partial charge in [-0.05, 0) is 34.7 Å². The highest BCUT2D eigenvalue weighted by Gasteiger charge is 2.07. The molecular formula is C7H5ClINO. The number of carbonyl (C=O) groups excluding carboxylic acids is 1. The van der Waals surface area contributed by atoms with E-state index in [0.717, 1.165) is 0 Å². The summed E-state index contributed by atoms with van der Waals surface area (Å²) in [5, 5.41) is 0.557. The van der Waals surface area contributed by atoms with E-state index in [4.69, 9.17) is 17.3 Å². The minimum Gasteiger partial charge on any atom is -0.366 e. The summed E-state index contributed by atoms with van der Waals surface area (Å²) in [6, 6.07) is 5.07. The number of hydrogen-bond donors (Lipinski definition) is 1. The summed E-state index contributed by atoms with van der Waals surface area (Å²) in [6.07, 6.45) is 0. The monoisotopic (exact) mass is 281 g/mol. The van der Waals surface area contributed by atoms with E-state index in [9.17, 15) is 4.79 Å². The Hall–Kier alpha value is -0.290. The summed E-state index contributed by atoms with van der Waals surface area (Å²) < 4.78 is 0.708. The lowest BCUT2D eigenvalue weighted by molar-refractivity contribution is 0.0999. The Labute approximate surface area is 82.9 Å². The number of amides is 1. The molecule has 0 aliphatic carbocycles. The van der Waals surface area contributed by atoms with Crippen LogP contribution >= 0.6 is 34.2 Å². The summed E-state index contributed by atoms with van der Waals surface area (Å²) in [4.78, 5) is 10.7. The fourth-order valence-electron chi connectivity index (χ4n) is 0.694. The molecule has 0 radical (unpaired) electrons. The maximum absolute atomic E-state index is 10.7. The van der Waals surface area contributed by atoms with Crippen LogP contribution in [0.25, 0.3) is 0 Å². The van der Waals surface area contributed by atoms with Crippen LogP contribution in [0.5, 0.6) is 0 Å². The summed E-state index contributed by atoms with van der Waals surface area (Å²) >= 11 is 7.73. The highest BCUT2D eigenvalue weighted by atomic mass is 127. The Balaban J connectivity index is 3.27. The normalized spacial score (nSPS) is 9.64. The molecule has 1 amide bonds. The standard InChI is InChI=1S/C7H5ClINO/c8-5-3-1-2-4(6(5)9)7(10)11/h1-3H,(H2,10,11). The molecule has 1 aromatic rings. The van der Waals surface area contributed by atoms with Crippen molar-refractivity contribution in [2.24, 2.45) is 5.73 Å². The lowest BCUT2D eigenvalue weighted by Crippen LogP contribution is -2.12. The van der Waals surface area contributed by atoms with Gasteiger partial charge in [0.15, 0.2) is 0 Å². The summed E-state index contributed by atoms with van der Waals surface area (Å²) in [5.74, 6) is -0.447. The molecule has 0 bridgehead atoms. The topological polar surface area (TPSA) is 43.1 Å². The Morgan fingerprint density at radius 1 is 1.55 bits per heavy atom. The van der Waals surface area contributed by atoms with Gasteiger partial charge in [0.1, 0.15) is 0 Å². The number of rotatable bonds is 1. The highest BCUT2D eigenvalue weighted by Crippen LogP contribution is 2.21. The van der Waals surface area contributed by atoms with Gasteiger partial charge in [0.25, 0.3) is 0 Å². The summed E-state index contributed by atoms with van der Waals surface area (Å²) in [5.41, 5.74) is 5.55. The van der Waals surface area contributed by atoms with E-state index < -0.39 is 5.91 Å². The van der Waals surface area contributed by atoms with Gasteiger partial charge >= 0.3 is 0 Å². The third kappa shape index (κ3) is 1.84. The fourth-order valence-corrected chi connectivity index (χ4v) is 1.49. The molecule has 0 fully saturated rings. The minimum absolute atomic E-state index is 0.447. The molecule has 0 saturated heterocycles. The maximum Gasteiger partial charge on any atom is 0.249 e. The maximum atomic E-state index is 10.7. The van der Waals surface area contributed by atoms with Gasteiger partial charge in [-0.15, -0.1) is 0 Å². The van der Waals surface area contributed by atoms with Gasteiger partial charge in [-0.3, -0.25) is 4.79 Å². The number of primary amides is 1. The van der Waals surface area contributed by atoms with E-state index >= 15 is 0 Å². The van der Waals surface area contributed by atoms with Gasteiger partial charge in [-0.2, -0.15) is 0 Å². The zero-order valence-corrected chi connectivity index (χ0v) is 8.39. The predicted octanol–water partition coefficient (Wildman–Crippen LogP) is 2.04. The molecule has 0 unspecified atom stereocenters. The van der Waals surface area contributed by atoms with Crippen LogP contribution in [0.3, 0.4) is 0 Å². The molecule has 2 N–H and O–H groups in total. The zero-order chi connectivity index (χ0) is 8.43. The summed E-state index contributed by atoms with van der Waals surface area (Å²) in [6.45, 7) is 0. The molecule has 0 aliphatic rings. The van der Waals surface area contributed by atoms with Crippen LogP contribution in [0.2, 0.25) is 5.02 Å². The lowest BCUT2D eigenvalue weighted by atomic mass is 10.2. The molecule has 0 heterocycles. The first-order valence-electron chi connectivity index (χ1n) is 2.86. The van der Waals surface area contributed by atoms with E-state index in [0.29, 0.717) is 14.2 Å². The Morgan fingerprint density at radius 2 is 2.18 bits per heavy atom. The van der Waals surface area contributed by atoms with E-state index in [-0.39, 0.29) is 0 Å².